The van der Waals surface area contributed by atoms with Crippen LogP contribution in [0.2, 0.25) is 0 Å². The van der Waals surface area contributed by atoms with Crippen molar-refractivity contribution in [3.63, 3.8) is 0 Å². The highest BCUT2D eigenvalue weighted by Gasteiger charge is 2.79. The van der Waals surface area contributed by atoms with E-state index < -0.39 is 35.1 Å². The van der Waals surface area contributed by atoms with E-state index in [4.69, 9.17) is 4.74 Å². The van der Waals surface area contributed by atoms with E-state index in [0.717, 1.165) is 44.2 Å². The topological polar surface area (TPSA) is 90.4 Å². The van der Waals surface area contributed by atoms with Crippen molar-refractivity contribution < 1.29 is 24.2 Å². The Morgan fingerprint density at radius 2 is 1.75 bits per heavy atom. The molecule has 240 valence electrons. The molecule has 1 aromatic carbocycles. The van der Waals surface area contributed by atoms with E-state index in [9.17, 15) is 19.5 Å². The first-order chi connectivity index (χ1) is 21.2. The Morgan fingerprint density at radius 1 is 1.07 bits per heavy atom. The Morgan fingerprint density at radius 3 is 2.34 bits per heavy atom. The van der Waals surface area contributed by atoms with E-state index in [1.165, 1.54) is 0 Å². The van der Waals surface area contributed by atoms with E-state index in [2.05, 4.69) is 13.2 Å². The van der Waals surface area contributed by atoms with Crippen molar-refractivity contribution in [2.45, 2.75) is 108 Å². The molecule has 1 N–H and O–H groups in total. The number of amides is 3. The van der Waals surface area contributed by atoms with Crippen LogP contribution < -0.4 is 4.90 Å². The molecule has 8 heteroatoms. The van der Waals surface area contributed by atoms with E-state index in [-0.39, 0.29) is 36.3 Å². The molecule has 3 heterocycles. The van der Waals surface area contributed by atoms with Gasteiger partial charge in [-0.2, -0.15) is 0 Å². The number of aliphatic hydroxyl groups is 1. The van der Waals surface area contributed by atoms with Crippen LogP contribution in [0.15, 0.2) is 55.6 Å². The molecule has 4 aliphatic rings. The lowest BCUT2D eigenvalue weighted by Crippen LogP contribution is -2.61. The maximum Gasteiger partial charge on any atom is 0.248 e. The van der Waals surface area contributed by atoms with Gasteiger partial charge in [0.2, 0.25) is 17.7 Å². The number of ether oxygens (including phenoxy) is 1. The molecule has 44 heavy (non-hydrogen) atoms. The molecule has 4 fully saturated rings. The molecule has 1 aliphatic carbocycles. The van der Waals surface area contributed by atoms with Gasteiger partial charge in [-0.25, -0.2) is 0 Å². The minimum Gasteiger partial charge on any atom is -0.394 e. The van der Waals surface area contributed by atoms with Crippen molar-refractivity contribution in [3.05, 3.63) is 55.6 Å². The molecule has 2 unspecified atom stereocenters. The van der Waals surface area contributed by atoms with Crippen LogP contribution in [0.1, 0.15) is 78.6 Å². The van der Waals surface area contributed by atoms with E-state index >= 15 is 0 Å². The average molecular weight is 606 g/mol. The lowest BCUT2D eigenvalue weighted by molar-refractivity contribution is -0.159. The van der Waals surface area contributed by atoms with Gasteiger partial charge in [0.25, 0.3) is 0 Å². The summed E-state index contributed by atoms with van der Waals surface area (Å²) in [6, 6.07) is 8.06. The van der Waals surface area contributed by atoms with Crippen LogP contribution in [0, 0.1) is 17.8 Å². The highest BCUT2D eigenvalue weighted by atomic mass is 16.5. The zero-order chi connectivity index (χ0) is 31.6. The quantitative estimate of drug-likeness (QED) is 0.316. The molecule has 3 amide bonds. The van der Waals surface area contributed by atoms with Gasteiger partial charge in [0.1, 0.15) is 11.6 Å². The summed E-state index contributed by atoms with van der Waals surface area (Å²) in [4.78, 5) is 49.9. The molecule has 3 aliphatic heterocycles. The highest BCUT2D eigenvalue weighted by molar-refractivity contribution is 6.03. The van der Waals surface area contributed by atoms with Crippen molar-refractivity contribution in [2.75, 3.05) is 24.6 Å². The molecule has 1 saturated carbocycles. The van der Waals surface area contributed by atoms with Gasteiger partial charge in [0, 0.05) is 24.8 Å². The molecular weight excluding hydrogens is 554 g/mol. The molecule has 1 aromatic rings. The monoisotopic (exact) mass is 605 g/mol. The van der Waals surface area contributed by atoms with Crippen molar-refractivity contribution in [1.29, 1.82) is 0 Å². The van der Waals surface area contributed by atoms with Crippen molar-refractivity contribution in [3.8, 4) is 0 Å². The highest BCUT2D eigenvalue weighted by Crippen LogP contribution is 2.65. The van der Waals surface area contributed by atoms with E-state index in [1.807, 2.05) is 56.0 Å². The number of carbonyl (C=O) groups excluding carboxylic acids is 3. The minimum atomic E-state index is -1.14. The molecule has 3 saturated heterocycles. The van der Waals surface area contributed by atoms with Crippen LogP contribution in [0.5, 0.6) is 0 Å². The average Bonchev–Trinajstić information content (AvgIpc) is 3.66. The van der Waals surface area contributed by atoms with Crippen molar-refractivity contribution in [2.24, 2.45) is 17.8 Å². The van der Waals surface area contributed by atoms with Gasteiger partial charge >= 0.3 is 0 Å². The molecule has 0 aromatic heterocycles. The number of rotatable bonds is 13. The van der Waals surface area contributed by atoms with Crippen LogP contribution in [-0.2, 0) is 19.1 Å². The fourth-order valence-corrected chi connectivity index (χ4v) is 8.82. The second kappa shape index (κ2) is 13.2. The molecule has 5 rings (SSSR count). The smallest absolute Gasteiger partial charge is 0.248 e. The van der Waals surface area contributed by atoms with Crippen LogP contribution in [-0.4, -0.2) is 81.7 Å². The zero-order valence-electron chi connectivity index (χ0n) is 26.8. The minimum absolute atomic E-state index is 0.0509. The number of hydrogen-bond donors (Lipinski definition) is 1. The number of para-hydroxylation sites is 1. The van der Waals surface area contributed by atoms with Crippen LogP contribution in [0.25, 0.3) is 0 Å². The lowest BCUT2D eigenvalue weighted by atomic mass is 9.64. The van der Waals surface area contributed by atoms with Gasteiger partial charge in [0.15, 0.2) is 0 Å². The summed E-state index contributed by atoms with van der Waals surface area (Å²) in [7, 11) is 0. The summed E-state index contributed by atoms with van der Waals surface area (Å²) in [6.45, 7) is 14.3. The first kappa shape index (κ1) is 32.4. The molecule has 7 atom stereocenters. The SMILES string of the molecule is C=CCN(C(=O)[C@H]1[C@H]2C(=O)N([C@@H](CO)[C@@H](C)CC)C(C(=O)N(CC=C)C3CCCCC3)C23CC[C@]1(CC)O3)c1ccccc1. The summed E-state index contributed by atoms with van der Waals surface area (Å²) in [5, 5.41) is 10.7. The summed E-state index contributed by atoms with van der Waals surface area (Å²) in [6.07, 6.45) is 11.0. The second-order valence-corrected chi connectivity index (χ2v) is 13.4. The van der Waals surface area contributed by atoms with Gasteiger partial charge < -0.3 is 24.5 Å². The molecule has 8 nitrogen and oxygen atoms in total. The van der Waals surface area contributed by atoms with E-state index in [1.54, 1.807) is 22.0 Å². The molecular formula is C36H51N3O5. The largest absolute Gasteiger partial charge is 0.394 e. The third-order valence-electron chi connectivity index (χ3n) is 11.2. The number of aliphatic hydroxyl groups excluding tert-OH is 1. The Kier molecular flexibility index (Phi) is 9.71. The van der Waals surface area contributed by atoms with Crippen LogP contribution >= 0.6 is 0 Å². The maximum absolute atomic E-state index is 15.0. The van der Waals surface area contributed by atoms with Gasteiger partial charge in [-0.05, 0) is 50.2 Å². The van der Waals surface area contributed by atoms with Gasteiger partial charge in [-0.1, -0.05) is 76.8 Å². The summed E-state index contributed by atoms with van der Waals surface area (Å²) < 4.78 is 7.09. The van der Waals surface area contributed by atoms with Crippen molar-refractivity contribution >= 4 is 23.4 Å². The fourth-order valence-electron chi connectivity index (χ4n) is 8.82. The van der Waals surface area contributed by atoms with Gasteiger partial charge in [0.05, 0.1) is 30.1 Å². The molecule has 0 radical (unpaired) electrons. The first-order valence-corrected chi connectivity index (χ1v) is 16.8. The lowest BCUT2D eigenvalue weighted by Gasteiger charge is -2.43. The number of likely N-dealkylation sites (tertiary alicyclic amines) is 1. The Labute approximate surface area is 263 Å². The molecule has 1 spiro atoms. The van der Waals surface area contributed by atoms with Crippen LogP contribution in [0.3, 0.4) is 0 Å². The number of carbonyl (C=O) groups is 3. The predicted molar refractivity (Wildman–Crippen MR) is 172 cm³/mol. The molecule has 2 bridgehead atoms. The van der Waals surface area contributed by atoms with Crippen LogP contribution in [0.4, 0.5) is 5.69 Å². The number of nitrogens with zero attached hydrogens (tertiary/aromatic N) is 3. The van der Waals surface area contributed by atoms with Crippen molar-refractivity contribution in [1.82, 2.24) is 9.80 Å². The third kappa shape index (κ3) is 5.12. The first-order valence-electron chi connectivity index (χ1n) is 16.8. The fraction of sp³-hybridized carbons (Fsp3) is 0.639. The third-order valence-corrected chi connectivity index (χ3v) is 11.2. The Bertz CT molecular complexity index is 1230. The van der Waals surface area contributed by atoms with Gasteiger partial charge in [-0.15, -0.1) is 13.2 Å². The number of fused-ring (bicyclic) bond motifs is 1. The summed E-state index contributed by atoms with van der Waals surface area (Å²) >= 11 is 0. The Hall–Kier alpha value is -2.97. The zero-order valence-corrected chi connectivity index (χ0v) is 26.8. The number of hydrogen-bond acceptors (Lipinski definition) is 5. The standard InChI is InChI=1S/C36H51N3O5/c1-6-22-37(26-16-12-10-13-17-26)32(41)29-30-33(42)39(28(24-40)25(5)8-3)31(36(30)21-20-35(29,9-4)44-36)34(43)38(23-7-2)27-18-14-11-15-19-27/h6-7,10,12-13,16-17,25,27-31,40H,1-2,8-9,11,14-15,18-24H2,3-5H3/t25-,28-,29+,30-,31?,35-,36?/m0/s1. The number of anilines is 1. The number of benzene rings is 1. The van der Waals surface area contributed by atoms with E-state index in [0.29, 0.717) is 32.4 Å². The summed E-state index contributed by atoms with van der Waals surface area (Å²) in [5.74, 6) is -2.18. The summed E-state index contributed by atoms with van der Waals surface area (Å²) in [5.41, 5.74) is -1.26. The maximum atomic E-state index is 15.0. The van der Waals surface area contributed by atoms with Gasteiger partial charge in [-0.3, -0.25) is 14.4 Å². The Balaban J connectivity index is 1.64. The second-order valence-electron chi connectivity index (χ2n) is 13.4. The predicted octanol–water partition coefficient (Wildman–Crippen LogP) is 5.11. The normalized spacial score (nSPS) is 31.0.